The molecule has 20 heavy (non-hydrogen) atoms. The topological polar surface area (TPSA) is 12.0 Å². The predicted octanol–water partition coefficient (Wildman–Crippen LogP) is 5.94. The Labute approximate surface area is 136 Å². The normalized spacial score (nSPS) is 12.2. The third-order valence-electron chi connectivity index (χ3n) is 2.83. The second kappa shape index (κ2) is 6.79. The Morgan fingerprint density at radius 1 is 1.20 bits per heavy atom. The second-order valence-corrected chi connectivity index (χ2v) is 6.35. The van der Waals surface area contributed by atoms with Crippen LogP contribution in [0.1, 0.15) is 12.5 Å². The molecule has 2 aromatic carbocycles. The largest absolute Gasteiger partial charge is 0.380 e. The summed E-state index contributed by atoms with van der Waals surface area (Å²) in [6.07, 6.45) is 0.681. The predicted molar refractivity (Wildman–Crippen MR) is 87.4 cm³/mol. The first-order chi connectivity index (χ1) is 9.45. The van der Waals surface area contributed by atoms with Gasteiger partial charge >= 0.3 is 0 Å². The maximum atomic E-state index is 13.1. The first-order valence-corrected chi connectivity index (χ1v) is 7.66. The average Bonchev–Trinajstić information content (AvgIpc) is 2.33. The molecule has 1 N–H and O–H groups in total. The van der Waals surface area contributed by atoms with E-state index in [1.165, 1.54) is 12.1 Å². The van der Waals surface area contributed by atoms with Crippen molar-refractivity contribution in [2.24, 2.45) is 0 Å². The van der Waals surface area contributed by atoms with Gasteiger partial charge in [-0.25, -0.2) is 4.39 Å². The molecule has 0 aliphatic heterocycles. The summed E-state index contributed by atoms with van der Waals surface area (Å²) < 4.78 is 14.0. The van der Waals surface area contributed by atoms with E-state index in [1.54, 1.807) is 18.2 Å². The van der Waals surface area contributed by atoms with Crippen molar-refractivity contribution in [3.63, 3.8) is 0 Å². The fourth-order valence-electron chi connectivity index (χ4n) is 2.00. The van der Waals surface area contributed by atoms with Crippen LogP contribution in [-0.4, -0.2) is 6.04 Å². The zero-order chi connectivity index (χ0) is 14.7. The molecule has 0 aromatic heterocycles. The van der Waals surface area contributed by atoms with Gasteiger partial charge in [-0.05, 0) is 43.2 Å². The highest BCUT2D eigenvalue weighted by molar-refractivity contribution is 9.10. The van der Waals surface area contributed by atoms with Crippen molar-refractivity contribution in [2.45, 2.75) is 19.4 Å². The van der Waals surface area contributed by atoms with Crippen molar-refractivity contribution in [2.75, 3.05) is 5.32 Å². The van der Waals surface area contributed by atoms with E-state index in [9.17, 15) is 4.39 Å². The summed E-state index contributed by atoms with van der Waals surface area (Å²) in [4.78, 5) is 0. The van der Waals surface area contributed by atoms with E-state index in [0.29, 0.717) is 22.2 Å². The molecule has 5 heteroatoms. The summed E-state index contributed by atoms with van der Waals surface area (Å²) in [5.41, 5.74) is 1.62. The summed E-state index contributed by atoms with van der Waals surface area (Å²) in [5, 5.41) is 4.37. The van der Waals surface area contributed by atoms with E-state index in [1.807, 2.05) is 13.0 Å². The lowest BCUT2D eigenvalue weighted by atomic mass is 10.1. The Balaban J connectivity index is 2.10. The van der Waals surface area contributed by atoms with Crippen molar-refractivity contribution in [1.82, 2.24) is 0 Å². The van der Waals surface area contributed by atoms with Gasteiger partial charge in [0, 0.05) is 10.5 Å². The Kier molecular flexibility index (Phi) is 5.30. The molecule has 1 unspecified atom stereocenters. The highest BCUT2D eigenvalue weighted by Crippen LogP contribution is 2.34. The summed E-state index contributed by atoms with van der Waals surface area (Å²) in [6.45, 7) is 2.00. The van der Waals surface area contributed by atoms with E-state index in [0.717, 1.165) is 10.0 Å². The number of halogens is 4. The van der Waals surface area contributed by atoms with Crippen LogP contribution in [0.4, 0.5) is 10.1 Å². The number of benzene rings is 2. The van der Waals surface area contributed by atoms with Gasteiger partial charge < -0.3 is 5.32 Å². The fourth-order valence-corrected chi connectivity index (χ4v) is 3.31. The Morgan fingerprint density at radius 2 is 1.85 bits per heavy atom. The van der Waals surface area contributed by atoms with E-state index >= 15 is 0 Å². The molecule has 0 aliphatic carbocycles. The molecule has 0 amide bonds. The third kappa shape index (κ3) is 4.11. The smallest absolute Gasteiger partial charge is 0.123 e. The monoisotopic (exact) mass is 375 g/mol. The highest BCUT2D eigenvalue weighted by Gasteiger charge is 2.11. The molecule has 0 aliphatic rings. The molecular weight excluding hydrogens is 364 g/mol. The van der Waals surface area contributed by atoms with Gasteiger partial charge in [-0.3, -0.25) is 0 Å². The Bertz CT molecular complexity index is 596. The molecule has 1 nitrogen and oxygen atoms in total. The summed E-state index contributed by atoms with van der Waals surface area (Å²) >= 11 is 15.7. The van der Waals surface area contributed by atoms with Crippen molar-refractivity contribution in [3.05, 3.63) is 62.3 Å². The van der Waals surface area contributed by atoms with Crippen LogP contribution >= 0.6 is 39.1 Å². The van der Waals surface area contributed by atoms with Crippen LogP contribution in [0.3, 0.4) is 0 Å². The lowest BCUT2D eigenvalue weighted by Gasteiger charge is -2.18. The van der Waals surface area contributed by atoms with Gasteiger partial charge in [0.25, 0.3) is 0 Å². The highest BCUT2D eigenvalue weighted by atomic mass is 79.9. The lowest BCUT2D eigenvalue weighted by Crippen LogP contribution is -2.18. The number of hydrogen-bond donors (Lipinski definition) is 1. The number of hydrogen-bond acceptors (Lipinski definition) is 1. The van der Waals surface area contributed by atoms with Gasteiger partial charge in [0.05, 0.1) is 15.7 Å². The van der Waals surface area contributed by atoms with Crippen molar-refractivity contribution in [3.8, 4) is 0 Å². The van der Waals surface area contributed by atoms with Crippen LogP contribution in [0.25, 0.3) is 0 Å². The summed E-state index contributed by atoms with van der Waals surface area (Å²) in [5.74, 6) is -0.227. The van der Waals surface area contributed by atoms with Crippen LogP contribution in [-0.2, 0) is 6.42 Å². The third-order valence-corrected chi connectivity index (χ3v) is 3.88. The van der Waals surface area contributed by atoms with E-state index in [-0.39, 0.29) is 11.9 Å². The molecule has 0 spiro atoms. The molecule has 1 atom stereocenters. The van der Waals surface area contributed by atoms with Gasteiger partial charge in [-0.1, -0.05) is 51.3 Å². The molecule has 0 bridgehead atoms. The number of rotatable bonds is 4. The van der Waals surface area contributed by atoms with Crippen LogP contribution in [0, 0.1) is 5.82 Å². The minimum absolute atomic E-state index is 0.0768. The molecular formula is C15H13BrCl2FN. The molecule has 0 heterocycles. The molecule has 0 saturated heterocycles. The number of nitrogens with one attached hydrogen (secondary N) is 1. The SMILES string of the molecule is CC(Cc1cccc(F)c1)Nc1c(Cl)cc(Br)cc1Cl. The zero-order valence-electron chi connectivity index (χ0n) is 10.8. The van der Waals surface area contributed by atoms with Crippen LogP contribution in [0.5, 0.6) is 0 Å². The van der Waals surface area contributed by atoms with Gasteiger partial charge in [0.1, 0.15) is 5.82 Å². The van der Waals surface area contributed by atoms with Crippen LogP contribution in [0.2, 0.25) is 10.0 Å². The van der Waals surface area contributed by atoms with E-state index in [4.69, 9.17) is 23.2 Å². The van der Waals surface area contributed by atoms with Crippen LogP contribution in [0.15, 0.2) is 40.9 Å². The first kappa shape index (κ1) is 15.6. The quantitative estimate of drug-likeness (QED) is 0.696. The van der Waals surface area contributed by atoms with Gasteiger partial charge in [-0.2, -0.15) is 0 Å². The van der Waals surface area contributed by atoms with Crippen molar-refractivity contribution >= 4 is 44.8 Å². The van der Waals surface area contributed by atoms with Gasteiger partial charge in [-0.15, -0.1) is 0 Å². The minimum atomic E-state index is -0.227. The standard InChI is InChI=1S/C15H13BrCl2FN/c1-9(5-10-3-2-4-12(19)6-10)20-15-13(17)7-11(16)8-14(15)18/h2-4,6-9,20H,5H2,1H3. The minimum Gasteiger partial charge on any atom is -0.380 e. The Hall–Kier alpha value is -0.770. The Morgan fingerprint density at radius 3 is 2.45 bits per heavy atom. The maximum Gasteiger partial charge on any atom is 0.123 e. The van der Waals surface area contributed by atoms with E-state index < -0.39 is 0 Å². The van der Waals surface area contributed by atoms with Crippen LogP contribution < -0.4 is 5.32 Å². The zero-order valence-corrected chi connectivity index (χ0v) is 13.9. The molecule has 2 rings (SSSR count). The summed E-state index contributed by atoms with van der Waals surface area (Å²) in [7, 11) is 0. The molecule has 0 fully saturated rings. The van der Waals surface area contributed by atoms with E-state index in [2.05, 4.69) is 21.2 Å². The first-order valence-electron chi connectivity index (χ1n) is 6.11. The fraction of sp³-hybridized carbons (Fsp3) is 0.200. The number of anilines is 1. The molecule has 106 valence electrons. The lowest BCUT2D eigenvalue weighted by molar-refractivity contribution is 0.624. The molecule has 0 saturated carbocycles. The maximum absolute atomic E-state index is 13.1. The van der Waals surface area contributed by atoms with Crippen molar-refractivity contribution in [1.29, 1.82) is 0 Å². The molecule has 0 radical (unpaired) electrons. The van der Waals surface area contributed by atoms with Gasteiger partial charge in [0.2, 0.25) is 0 Å². The average molecular weight is 377 g/mol. The second-order valence-electron chi connectivity index (χ2n) is 4.62. The summed E-state index contributed by atoms with van der Waals surface area (Å²) in [6, 6.07) is 10.2. The van der Waals surface area contributed by atoms with Crippen molar-refractivity contribution < 1.29 is 4.39 Å². The molecule has 2 aromatic rings. The van der Waals surface area contributed by atoms with Gasteiger partial charge in [0.15, 0.2) is 0 Å².